The van der Waals surface area contributed by atoms with Gasteiger partial charge in [0.05, 0.1) is 0 Å². The first kappa shape index (κ1) is 13.5. The number of rotatable bonds is 4. The highest BCUT2D eigenvalue weighted by Gasteiger charge is 2.42. The molecule has 0 radical (unpaired) electrons. The number of imidazole rings is 2. The first-order valence-corrected chi connectivity index (χ1v) is 7.53. The van der Waals surface area contributed by atoms with Crippen molar-refractivity contribution in [2.45, 2.75) is 5.41 Å². The summed E-state index contributed by atoms with van der Waals surface area (Å²) < 4.78 is 0. The van der Waals surface area contributed by atoms with Crippen LogP contribution in [0.15, 0.2) is 85.5 Å². The lowest BCUT2D eigenvalue weighted by molar-refractivity contribution is 0.649. The molecule has 0 aliphatic carbocycles. The number of aromatic nitrogens is 4. The maximum Gasteiger partial charge on any atom is 0.136 e. The maximum atomic E-state index is 4.58. The predicted octanol–water partition coefficient (Wildman–Crippen LogP) is 3.52. The van der Waals surface area contributed by atoms with Gasteiger partial charge in [-0.25, -0.2) is 9.97 Å². The summed E-state index contributed by atoms with van der Waals surface area (Å²) in [7, 11) is 0. The molecule has 0 aliphatic heterocycles. The van der Waals surface area contributed by atoms with Crippen LogP contribution in [-0.4, -0.2) is 19.9 Å². The van der Waals surface area contributed by atoms with Crippen molar-refractivity contribution in [2.24, 2.45) is 0 Å². The zero-order valence-electron chi connectivity index (χ0n) is 12.5. The van der Waals surface area contributed by atoms with Gasteiger partial charge in [-0.15, -0.1) is 0 Å². The number of H-pyrrole nitrogens is 2. The van der Waals surface area contributed by atoms with Crippen molar-refractivity contribution in [1.29, 1.82) is 0 Å². The van der Waals surface area contributed by atoms with Crippen LogP contribution >= 0.6 is 0 Å². The Bertz CT molecular complexity index is 775. The quantitative estimate of drug-likeness (QED) is 0.606. The van der Waals surface area contributed by atoms with Crippen LogP contribution in [0.25, 0.3) is 0 Å². The van der Waals surface area contributed by atoms with Crippen molar-refractivity contribution in [1.82, 2.24) is 19.9 Å². The third-order valence-electron chi connectivity index (χ3n) is 4.12. The van der Waals surface area contributed by atoms with Crippen LogP contribution in [0.3, 0.4) is 0 Å². The van der Waals surface area contributed by atoms with E-state index in [2.05, 4.69) is 44.2 Å². The van der Waals surface area contributed by atoms with Gasteiger partial charge < -0.3 is 9.97 Å². The van der Waals surface area contributed by atoms with Gasteiger partial charge in [0.2, 0.25) is 0 Å². The Kier molecular flexibility index (Phi) is 3.27. The molecule has 0 amide bonds. The summed E-state index contributed by atoms with van der Waals surface area (Å²) in [6.45, 7) is 0. The van der Waals surface area contributed by atoms with Gasteiger partial charge in [-0.3, -0.25) is 0 Å². The van der Waals surface area contributed by atoms with Gasteiger partial charge in [-0.05, 0) is 11.1 Å². The Morgan fingerprint density at radius 1 is 0.609 bits per heavy atom. The van der Waals surface area contributed by atoms with E-state index in [1.165, 1.54) is 0 Å². The number of nitrogens with one attached hydrogen (secondary N) is 2. The summed E-state index contributed by atoms with van der Waals surface area (Å²) in [6, 6.07) is 20.6. The molecule has 0 bridgehead atoms. The van der Waals surface area contributed by atoms with Crippen LogP contribution in [0.5, 0.6) is 0 Å². The standard InChI is InChI=1S/C19H16N4/c1-3-7-15(8-4-1)19(17-20-11-12-21-17,18-22-13-14-23-18)16-9-5-2-6-10-16/h1-14H,(H,20,21)(H,22,23). The summed E-state index contributed by atoms with van der Waals surface area (Å²) in [4.78, 5) is 15.7. The average Bonchev–Trinajstić information content (AvgIpc) is 3.32. The number of hydrogen-bond donors (Lipinski definition) is 2. The first-order chi connectivity index (χ1) is 11.4. The van der Waals surface area contributed by atoms with Gasteiger partial charge in [0, 0.05) is 24.8 Å². The van der Waals surface area contributed by atoms with Crippen LogP contribution in [0.4, 0.5) is 0 Å². The minimum Gasteiger partial charge on any atom is -0.347 e. The molecule has 0 atom stereocenters. The zero-order chi connectivity index (χ0) is 15.5. The molecule has 0 aliphatic rings. The molecule has 4 heteroatoms. The molecule has 23 heavy (non-hydrogen) atoms. The van der Waals surface area contributed by atoms with Crippen molar-refractivity contribution in [2.75, 3.05) is 0 Å². The van der Waals surface area contributed by atoms with E-state index >= 15 is 0 Å². The van der Waals surface area contributed by atoms with E-state index in [-0.39, 0.29) is 0 Å². The minimum atomic E-state index is -0.602. The van der Waals surface area contributed by atoms with Crippen LogP contribution in [0.1, 0.15) is 22.8 Å². The first-order valence-electron chi connectivity index (χ1n) is 7.53. The van der Waals surface area contributed by atoms with Crippen molar-refractivity contribution in [3.8, 4) is 0 Å². The molecule has 0 spiro atoms. The van der Waals surface area contributed by atoms with Gasteiger partial charge >= 0.3 is 0 Å². The van der Waals surface area contributed by atoms with Crippen molar-refractivity contribution < 1.29 is 0 Å². The highest BCUT2D eigenvalue weighted by Crippen LogP contribution is 2.41. The molecular formula is C19H16N4. The van der Waals surface area contributed by atoms with E-state index in [9.17, 15) is 0 Å². The van der Waals surface area contributed by atoms with E-state index < -0.39 is 5.41 Å². The minimum absolute atomic E-state index is 0.602. The van der Waals surface area contributed by atoms with Crippen LogP contribution in [0.2, 0.25) is 0 Å². The molecule has 112 valence electrons. The molecule has 0 saturated carbocycles. The van der Waals surface area contributed by atoms with Crippen LogP contribution < -0.4 is 0 Å². The monoisotopic (exact) mass is 300 g/mol. The summed E-state index contributed by atoms with van der Waals surface area (Å²) in [5, 5.41) is 0. The van der Waals surface area contributed by atoms with Gasteiger partial charge in [0.25, 0.3) is 0 Å². The fraction of sp³-hybridized carbons (Fsp3) is 0.0526. The molecule has 0 unspecified atom stereocenters. The number of benzene rings is 2. The van der Waals surface area contributed by atoms with Gasteiger partial charge in [-0.2, -0.15) is 0 Å². The second-order valence-electron chi connectivity index (χ2n) is 5.36. The lowest BCUT2D eigenvalue weighted by atomic mass is 9.73. The molecule has 0 saturated heterocycles. The van der Waals surface area contributed by atoms with E-state index in [1.807, 2.05) is 48.8 Å². The fourth-order valence-corrected chi connectivity index (χ4v) is 3.14. The highest BCUT2D eigenvalue weighted by atomic mass is 15.0. The second-order valence-corrected chi connectivity index (χ2v) is 5.36. The Morgan fingerprint density at radius 2 is 1.04 bits per heavy atom. The molecule has 4 aromatic rings. The molecule has 2 N–H and O–H groups in total. The summed E-state index contributed by atoms with van der Waals surface area (Å²) in [5.41, 5.74) is 1.61. The molecule has 2 heterocycles. The molecule has 2 aromatic heterocycles. The van der Waals surface area contributed by atoms with E-state index in [1.54, 1.807) is 12.4 Å². The van der Waals surface area contributed by atoms with Crippen molar-refractivity contribution in [3.63, 3.8) is 0 Å². The van der Waals surface area contributed by atoms with Crippen LogP contribution in [-0.2, 0) is 5.41 Å². The van der Waals surface area contributed by atoms with Gasteiger partial charge in [0.15, 0.2) is 0 Å². The summed E-state index contributed by atoms with van der Waals surface area (Å²) >= 11 is 0. The van der Waals surface area contributed by atoms with Gasteiger partial charge in [-0.1, -0.05) is 60.7 Å². The normalized spacial score (nSPS) is 11.5. The van der Waals surface area contributed by atoms with Crippen molar-refractivity contribution >= 4 is 0 Å². The lowest BCUT2D eigenvalue weighted by Crippen LogP contribution is -2.33. The number of hydrogen-bond acceptors (Lipinski definition) is 2. The second kappa shape index (κ2) is 5.57. The van der Waals surface area contributed by atoms with Gasteiger partial charge in [0.1, 0.15) is 17.1 Å². The zero-order valence-corrected chi connectivity index (χ0v) is 12.5. The van der Waals surface area contributed by atoms with E-state index in [4.69, 9.17) is 0 Å². The molecule has 4 nitrogen and oxygen atoms in total. The molecule has 2 aromatic carbocycles. The molecule has 4 rings (SSSR count). The largest absolute Gasteiger partial charge is 0.347 e. The van der Waals surface area contributed by atoms with E-state index in [0.29, 0.717) is 0 Å². The SMILES string of the molecule is c1ccc(C(c2ccccc2)(c2ncc[nH]2)c2ncc[nH]2)cc1. The Labute approximate surface area is 134 Å². The Balaban J connectivity index is 2.11. The fourth-order valence-electron chi connectivity index (χ4n) is 3.14. The lowest BCUT2D eigenvalue weighted by Gasteiger charge is -2.31. The van der Waals surface area contributed by atoms with E-state index in [0.717, 1.165) is 22.8 Å². The number of aromatic amines is 2. The topological polar surface area (TPSA) is 57.4 Å². The average molecular weight is 300 g/mol. The Morgan fingerprint density at radius 3 is 1.39 bits per heavy atom. The number of nitrogens with zero attached hydrogens (tertiary/aromatic N) is 2. The third-order valence-corrected chi connectivity index (χ3v) is 4.12. The molecule has 0 fully saturated rings. The summed E-state index contributed by atoms with van der Waals surface area (Å²) in [5.74, 6) is 1.68. The van der Waals surface area contributed by atoms with Crippen molar-refractivity contribution in [3.05, 3.63) is 108 Å². The maximum absolute atomic E-state index is 4.58. The smallest absolute Gasteiger partial charge is 0.136 e. The Hall–Kier alpha value is -3.14. The highest BCUT2D eigenvalue weighted by molar-refractivity contribution is 5.52. The van der Waals surface area contributed by atoms with Crippen LogP contribution in [0, 0.1) is 0 Å². The summed E-state index contributed by atoms with van der Waals surface area (Å²) in [6.07, 6.45) is 7.25. The third kappa shape index (κ3) is 2.07. The predicted molar refractivity (Wildman–Crippen MR) is 89.0 cm³/mol. The molecular weight excluding hydrogens is 284 g/mol.